The molecule has 0 aromatic heterocycles. The van der Waals surface area contributed by atoms with E-state index in [1.54, 1.807) is 0 Å². The van der Waals surface area contributed by atoms with Crippen LogP contribution >= 0.6 is 0 Å². The van der Waals surface area contributed by atoms with Gasteiger partial charge in [-0.3, -0.25) is 0 Å². The van der Waals surface area contributed by atoms with Gasteiger partial charge in [0.25, 0.3) is 0 Å². The summed E-state index contributed by atoms with van der Waals surface area (Å²) >= 11 is 0. The molecular formula is C16H33N. The van der Waals surface area contributed by atoms with Crippen LogP contribution in [0.4, 0.5) is 0 Å². The smallest absolute Gasteiger partial charge is 0.0130 e. The normalized spacial score (nSPS) is 20.5. The summed E-state index contributed by atoms with van der Waals surface area (Å²) in [5, 5.41) is 3.89. The summed E-state index contributed by atoms with van der Waals surface area (Å²) < 4.78 is 0. The molecule has 0 spiro atoms. The molecule has 0 saturated heterocycles. The van der Waals surface area contributed by atoms with Crippen molar-refractivity contribution < 1.29 is 0 Å². The van der Waals surface area contributed by atoms with Crippen LogP contribution in [0.2, 0.25) is 0 Å². The van der Waals surface area contributed by atoms with Gasteiger partial charge in [0.1, 0.15) is 0 Å². The first kappa shape index (κ1) is 15.0. The Morgan fingerprint density at radius 3 is 2.29 bits per heavy atom. The first-order valence-electron chi connectivity index (χ1n) is 7.85. The van der Waals surface area contributed by atoms with Gasteiger partial charge in [0.2, 0.25) is 0 Å². The molecule has 0 aliphatic heterocycles. The van der Waals surface area contributed by atoms with Crippen LogP contribution in [-0.2, 0) is 0 Å². The lowest BCUT2D eigenvalue weighted by Gasteiger charge is -2.36. The average Bonchev–Trinajstić information content (AvgIpc) is 2.29. The molecule has 102 valence electrons. The molecule has 1 heteroatoms. The lowest BCUT2D eigenvalue weighted by molar-refractivity contribution is 0.223. The van der Waals surface area contributed by atoms with Crippen LogP contribution in [-0.4, -0.2) is 11.6 Å². The zero-order valence-electron chi connectivity index (χ0n) is 12.5. The molecular weight excluding hydrogens is 206 g/mol. The molecule has 0 aromatic carbocycles. The second kappa shape index (κ2) is 7.41. The van der Waals surface area contributed by atoms with Crippen molar-refractivity contribution in [1.29, 1.82) is 0 Å². The van der Waals surface area contributed by atoms with E-state index in [1.807, 2.05) is 0 Å². The van der Waals surface area contributed by atoms with E-state index in [1.165, 1.54) is 57.8 Å². The summed E-state index contributed by atoms with van der Waals surface area (Å²) in [7, 11) is 0. The minimum absolute atomic E-state index is 0.331. The number of hydrogen-bond acceptors (Lipinski definition) is 1. The zero-order valence-corrected chi connectivity index (χ0v) is 12.5. The van der Waals surface area contributed by atoms with Gasteiger partial charge >= 0.3 is 0 Å². The summed E-state index contributed by atoms with van der Waals surface area (Å²) in [5.74, 6) is 0.977. The van der Waals surface area contributed by atoms with Gasteiger partial charge in [0.15, 0.2) is 0 Å². The van der Waals surface area contributed by atoms with Gasteiger partial charge in [-0.15, -0.1) is 0 Å². The number of rotatable bonds is 7. The Kier molecular flexibility index (Phi) is 6.54. The second-order valence-corrected chi connectivity index (χ2v) is 6.63. The van der Waals surface area contributed by atoms with Gasteiger partial charge in [-0.1, -0.05) is 52.4 Å². The molecule has 1 fully saturated rings. The summed E-state index contributed by atoms with van der Waals surface area (Å²) in [4.78, 5) is 0. The lowest BCUT2D eigenvalue weighted by Crippen LogP contribution is -2.47. The highest BCUT2D eigenvalue weighted by Gasteiger charge is 2.26. The molecule has 1 N–H and O–H groups in total. The fourth-order valence-electron chi connectivity index (χ4n) is 3.45. The van der Waals surface area contributed by atoms with Crippen molar-refractivity contribution in [2.45, 2.75) is 97.1 Å². The SMILES string of the molecule is CCCC(CC)NC(C)(C)CC1CCCCC1. The maximum absolute atomic E-state index is 3.89. The van der Waals surface area contributed by atoms with Crippen molar-refractivity contribution in [2.24, 2.45) is 5.92 Å². The molecule has 1 saturated carbocycles. The molecule has 1 nitrogen and oxygen atoms in total. The molecule has 17 heavy (non-hydrogen) atoms. The van der Waals surface area contributed by atoms with Crippen LogP contribution < -0.4 is 5.32 Å². The molecule has 0 heterocycles. The molecule has 0 bridgehead atoms. The van der Waals surface area contributed by atoms with E-state index in [4.69, 9.17) is 0 Å². The minimum atomic E-state index is 0.331. The monoisotopic (exact) mass is 239 g/mol. The Morgan fingerprint density at radius 1 is 1.12 bits per heavy atom. The van der Waals surface area contributed by atoms with E-state index in [2.05, 4.69) is 33.0 Å². The quantitative estimate of drug-likeness (QED) is 0.666. The van der Waals surface area contributed by atoms with Crippen molar-refractivity contribution in [1.82, 2.24) is 5.32 Å². The maximum atomic E-state index is 3.89. The Morgan fingerprint density at radius 2 is 1.76 bits per heavy atom. The van der Waals surface area contributed by atoms with E-state index in [-0.39, 0.29) is 0 Å². The molecule has 1 aliphatic carbocycles. The van der Waals surface area contributed by atoms with Gasteiger partial charge in [-0.2, -0.15) is 0 Å². The fraction of sp³-hybridized carbons (Fsp3) is 1.00. The van der Waals surface area contributed by atoms with Crippen LogP contribution in [0.1, 0.15) is 85.5 Å². The van der Waals surface area contributed by atoms with Crippen molar-refractivity contribution in [2.75, 3.05) is 0 Å². The first-order chi connectivity index (χ1) is 8.07. The fourth-order valence-corrected chi connectivity index (χ4v) is 3.45. The van der Waals surface area contributed by atoms with Gasteiger partial charge in [-0.25, -0.2) is 0 Å². The highest BCUT2D eigenvalue weighted by molar-refractivity contribution is 4.85. The highest BCUT2D eigenvalue weighted by atomic mass is 15.0. The summed E-state index contributed by atoms with van der Waals surface area (Å²) in [5.41, 5.74) is 0.331. The van der Waals surface area contributed by atoms with E-state index in [0.29, 0.717) is 5.54 Å². The zero-order chi connectivity index (χ0) is 12.7. The molecule has 0 amide bonds. The summed E-state index contributed by atoms with van der Waals surface area (Å²) in [6, 6.07) is 0.721. The Labute approximate surface area is 109 Å². The van der Waals surface area contributed by atoms with Gasteiger partial charge in [-0.05, 0) is 39.0 Å². The predicted molar refractivity (Wildman–Crippen MR) is 77.4 cm³/mol. The molecule has 1 aliphatic rings. The molecule has 0 aromatic rings. The third-order valence-corrected chi connectivity index (χ3v) is 4.25. The van der Waals surface area contributed by atoms with Gasteiger partial charge in [0.05, 0.1) is 0 Å². The maximum Gasteiger partial charge on any atom is 0.0130 e. The summed E-state index contributed by atoms with van der Waals surface area (Å²) in [6.45, 7) is 9.41. The molecule has 1 atom stereocenters. The topological polar surface area (TPSA) is 12.0 Å². The second-order valence-electron chi connectivity index (χ2n) is 6.63. The average molecular weight is 239 g/mol. The number of hydrogen-bond donors (Lipinski definition) is 1. The van der Waals surface area contributed by atoms with Gasteiger partial charge in [0, 0.05) is 11.6 Å². The van der Waals surface area contributed by atoms with E-state index in [0.717, 1.165) is 12.0 Å². The highest BCUT2D eigenvalue weighted by Crippen LogP contribution is 2.30. The van der Waals surface area contributed by atoms with E-state index in [9.17, 15) is 0 Å². The van der Waals surface area contributed by atoms with Gasteiger partial charge < -0.3 is 5.32 Å². The van der Waals surface area contributed by atoms with Crippen molar-refractivity contribution in [3.63, 3.8) is 0 Å². The Balaban J connectivity index is 2.37. The molecule has 1 unspecified atom stereocenters. The van der Waals surface area contributed by atoms with Crippen molar-refractivity contribution in [3.05, 3.63) is 0 Å². The van der Waals surface area contributed by atoms with Crippen LogP contribution in [0.3, 0.4) is 0 Å². The van der Waals surface area contributed by atoms with Crippen molar-refractivity contribution >= 4 is 0 Å². The largest absolute Gasteiger partial charge is 0.309 e. The Bertz CT molecular complexity index is 183. The third kappa shape index (κ3) is 5.90. The van der Waals surface area contributed by atoms with E-state index >= 15 is 0 Å². The molecule has 0 radical (unpaired) electrons. The third-order valence-electron chi connectivity index (χ3n) is 4.25. The first-order valence-corrected chi connectivity index (χ1v) is 7.85. The van der Waals surface area contributed by atoms with Crippen LogP contribution in [0.5, 0.6) is 0 Å². The predicted octanol–water partition coefficient (Wildman–Crippen LogP) is 4.90. The van der Waals surface area contributed by atoms with E-state index < -0.39 is 0 Å². The lowest BCUT2D eigenvalue weighted by atomic mass is 9.80. The number of nitrogens with one attached hydrogen (secondary N) is 1. The summed E-state index contributed by atoms with van der Waals surface area (Å²) in [6.07, 6.45) is 12.6. The Hall–Kier alpha value is -0.0400. The van der Waals surface area contributed by atoms with Crippen molar-refractivity contribution in [3.8, 4) is 0 Å². The van der Waals surface area contributed by atoms with Crippen LogP contribution in [0.15, 0.2) is 0 Å². The minimum Gasteiger partial charge on any atom is -0.309 e. The van der Waals surface area contributed by atoms with Crippen LogP contribution in [0, 0.1) is 5.92 Å². The molecule has 1 rings (SSSR count). The standard InChI is InChI=1S/C16H33N/c1-5-10-15(6-2)17-16(3,4)13-14-11-8-7-9-12-14/h14-15,17H,5-13H2,1-4H3. The van der Waals surface area contributed by atoms with Crippen LogP contribution in [0.25, 0.3) is 0 Å².